The van der Waals surface area contributed by atoms with Gasteiger partial charge in [0, 0.05) is 12.6 Å². The Balaban J connectivity index is 1.84. The van der Waals surface area contributed by atoms with Crippen molar-refractivity contribution < 1.29 is 22.7 Å². The highest BCUT2D eigenvalue weighted by Crippen LogP contribution is 2.31. The number of carbonyl (C=O) groups is 1. The smallest absolute Gasteiger partial charge is 0.255 e. The van der Waals surface area contributed by atoms with Crippen LogP contribution >= 0.6 is 0 Å². The molecule has 0 unspecified atom stereocenters. The lowest BCUT2D eigenvalue weighted by atomic mass is 10.2. The van der Waals surface area contributed by atoms with E-state index in [9.17, 15) is 13.2 Å². The zero-order chi connectivity index (χ0) is 24.6. The predicted octanol–water partition coefficient (Wildman–Crippen LogP) is 3.35. The van der Waals surface area contributed by atoms with Gasteiger partial charge in [0.2, 0.25) is 10.0 Å². The fraction of sp³-hybridized carbons (Fsp3) is 0.200. The molecule has 0 spiro atoms. The molecule has 3 aromatic rings. The summed E-state index contributed by atoms with van der Waals surface area (Å²) in [5, 5.41) is 3.96. The molecule has 0 aromatic heterocycles. The standard InChI is InChI=1S/C25H27N3O5S/c1-19-9-11-20(12-10-19)16-26-27-25(29)18-28(17-21-7-5-4-6-8-21)34(30,31)24-14-13-22(32-2)15-23(24)33-3/h4-16H,17-18H2,1-3H3,(H,27,29)/b26-16-. The molecule has 0 radical (unpaired) electrons. The summed E-state index contributed by atoms with van der Waals surface area (Å²) in [4.78, 5) is 12.6. The van der Waals surface area contributed by atoms with Crippen LogP contribution < -0.4 is 14.9 Å². The van der Waals surface area contributed by atoms with Gasteiger partial charge in [-0.3, -0.25) is 4.79 Å². The van der Waals surface area contributed by atoms with Crippen molar-refractivity contribution in [3.8, 4) is 11.5 Å². The lowest BCUT2D eigenvalue weighted by Gasteiger charge is -2.23. The van der Waals surface area contributed by atoms with Crippen LogP contribution in [0.1, 0.15) is 16.7 Å². The van der Waals surface area contributed by atoms with Gasteiger partial charge in [-0.05, 0) is 30.2 Å². The molecule has 34 heavy (non-hydrogen) atoms. The van der Waals surface area contributed by atoms with Crippen molar-refractivity contribution in [1.82, 2.24) is 9.73 Å². The summed E-state index contributed by atoms with van der Waals surface area (Å²) in [6, 6.07) is 21.0. The van der Waals surface area contributed by atoms with E-state index in [0.29, 0.717) is 5.75 Å². The number of hydrogen-bond donors (Lipinski definition) is 1. The highest BCUT2D eigenvalue weighted by molar-refractivity contribution is 7.89. The van der Waals surface area contributed by atoms with E-state index in [1.807, 2.05) is 37.3 Å². The lowest BCUT2D eigenvalue weighted by molar-refractivity contribution is -0.121. The highest BCUT2D eigenvalue weighted by atomic mass is 32.2. The van der Waals surface area contributed by atoms with E-state index >= 15 is 0 Å². The Labute approximate surface area is 199 Å². The van der Waals surface area contributed by atoms with Gasteiger partial charge >= 0.3 is 0 Å². The first-order valence-electron chi connectivity index (χ1n) is 10.5. The molecule has 178 valence electrons. The number of benzene rings is 3. The van der Waals surface area contributed by atoms with Crippen molar-refractivity contribution in [1.29, 1.82) is 0 Å². The summed E-state index contributed by atoms with van der Waals surface area (Å²) < 4.78 is 38.7. The largest absolute Gasteiger partial charge is 0.497 e. The molecule has 0 saturated carbocycles. The summed E-state index contributed by atoms with van der Waals surface area (Å²) in [5.74, 6) is -0.000784. The first-order chi connectivity index (χ1) is 16.3. The number of sulfonamides is 1. The molecular formula is C25H27N3O5S. The number of hydrogen-bond acceptors (Lipinski definition) is 6. The minimum atomic E-state index is -4.10. The molecule has 0 bridgehead atoms. The molecule has 0 aliphatic rings. The Hall–Kier alpha value is -3.69. The van der Waals surface area contributed by atoms with Crippen LogP contribution in [0.5, 0.6) is 11.5 Å². The molecule has 0 aliphatic carbocycles. The van der Waals surface area contributed by atoms with E-state index < -0.39 is 22.5 Å². The summed E-state index contributed by atoms with van der Waals surface area (Å²) in [5.41, 5.74) is 5.05. The number of carbonyl (C=O) groups excluding carboxylic acids is 1. The van der Waals surface area contributed by atoms with Crippen LogP contribution in [0.2, 0.25) is 0 Å². The van der Waals surface area contributed by atoms with Gasteiger partial charge in [-0.25, -0.2) is 13.8 Å². The number of nitrogens with one attached hydrogen (secondary N) is 1. The topological polar surface area (TPSA) is 97.3 Å². The molecule has 3 rings (SSSR count). The van der Waals surface area contributed by atoms with Gasteiger partial charge in [-0.1, -0.05) is 60.2 Å². The van der Waals surface area contributed by atoms with Gasteiger partial charge in [0.05, 0.1) is 27.0 Å². The average molecular weight is 482 g/mol. The minimum Gasteiger partial charge on any atom is -0.497 e. The lowest BCUT2D eigenvalue weighted by Crippen LogP contribution is -2.39. The molecule has 1 amide bonds. The first-order valence-corrected chi connectivity index (χ1v) is 11.9. The van der Waals surface area contributed by atoms with E-state index in [1.54, 1.807) is 24.3 Å². The van der Waals surface area contributed by atoms with Crippen molar-refractivity contribution in [3.63, 3.8) is 0 Å². The van der Waals surface area contributed by atoms with Gasteiger partial charge in [0.25, 0.3) is 5.91 Å². The number of nitrogens with zero attached hydrogens (tertiary/aromatic N) is 2. The predicted molar refractivity (Wildman–Crippen MR) is 130 cm³/mol. The molecule has 8 nitrogen and oxygen atoms in total. The van der Waals surface area contributed by atoms with Crippen LogP contribution in [-0.4, -0.2) is 45.6 Å². The number of rotatable bonds is 10. The molecule has 1 N–H and O–H groups in total. The van der Waals surface area contributed by atoms with Gasteiger partial charge in [0.15, 0.2) is 0 Å². The second-order valence-electron chi connectivity index (χ2n) is 7.48. The summed E-state index contributed by atoms with van der Waals surface area (Å²) >= 11 is 0. The van der Waals surface area contributed by atoms with Gasteiger partial charge in [-0.15, -0.1) is 0 Å². The maximum Gasteiger partial charge on any atom is 0.255 e. The third kappa shape index (κ3) is 6.43. The van der Waals surface area contributed by atoms with Gasteiger partial charge < -0.3 is 9.47 Å². The second kappa shape index (κ2) is 11.4. The molecule has 0 atom stereocenters. The number of methoxy groups -OCH3 is 2. The summed E-state index contributed by atoms with van der Waals surface area (Å²) in [6.07, 6.45) is 1.50. The Morgan fingerprint density at radius 2 is 1.71 bits per heavy atom. The highest BCUT2D eigenvalue weighted by Gasteiger charge is 2.30. The third-order valence-corrected chi connectivity index (χ3v) is 6.82. The number of ether oxygens (including phenoxy) is 2. The fourth-order valence-electron chi connectivity index (χ4n) is 3.17. The molecule has 0 heterocycles. The van der Waals surface area contributed by atoms with Crippen LogP contribution in [0, 0.1) is 6.92 Å². The van der Waals surface area contributed by atoms with Crippen molar-refractivity contribution >= 4 is 22.1 Å². The van der Waals surface area contributed by atoms with Gasteiger partial charge in [-0.2, -0.15) is 9.41 Å². The molecule has 9 heteroatoms. The van der Waals surface area contributed by atoms with Crippen LogP contribution in [0.4, 0.5) is 0 Å². The van der Waals surface area contributed by atoms with Crippen LogP contribution in [0.25, 0.3) is 0 Å². The molecule has 0 aliphatic heterocycles. The first kappa shape index (κ1) is 24.9. The molecular weight excluding hydrogens is 454 g/mol. The summed E-state index contributed by atoms with van der Waals surface area (Å²) in [7, 11) is -1.25. The summed E-state index contributed by atoms with van der Waals surface area (Å²) in [6.45, 7) is 1.54. The average Bonchev–Trinajstić information content (AvgIpc) is 2.85. The van der Waals surface area contributed by atoms with Crippen LogP contribution in [0.15, 0.2) is 82.8 Å². The van der Waals surface area contributed by atoms with E-state index in [0.717, 1.165) is 21.0 Å². The second-order valence-corrected chi connectivity index (χ2v) is 9.39. The SMILES string of the molecule is COc1ccc(S(=O)(=O)N(CC(=O)N/N=C\c2ccc(C)cc2)Cc2ccccc2)c(OC)c1. The van der Waals surface area contributed by atoms with Crippen molar-refractivity contribution in [2.45, 2.75) is 18.4 Å². The maximum atomic E-state index is 13.6. The third-order valence-electron chi connectivity index (χ3n) is 4.99. The number of amides is 1. The van der Waals surface area contributed by atoms with Crippen molar-refractivity contribution in [2.75, 3.05) is 20.8 Å². The monoisotopic (exact) mass is 481 g/mol. The van der Waals surface area contributed by atoms with Crippen molar-refractivity contribution in [2.24, 2.45) is 5.10 Å². The zero-order valence-corrected chi connectivity index (χ0v) is 20.1. The van der Waals surface area contributed by atoms with Gasteiger partial charge in [0.1, 0.15) is 16.4 Å². The number of aryl methyl sites for hydroxylation is 1. The Morgan fingerprint density at radius 3 is 2.35 bits per heavy atom. The molecule has 0 saturated heterocycles. The maximum absolute atomic E-state index is 13.6. The molecule has 0 fully saturated rings. The minimum absolute atomic E-state index is 0.00649. The van der Waals surface area contributed by atoms with E-state index in [-0.39, 0.29) is 17.2 Å². The van der Waals surface area contributed by atoms with Crippen LogP contribution in [0.3, 0.4) is 0 Å². The van der Waals surface area contributed by atoms with Crippen LogP contribution in [-0.2, 0) is 21.4 Å². The van der Waals surface area contributed by atoms with Crippen molar-refractivity contribution in [3.05, 3.63) is 89.5 Å². The Bertz CT molecular complexity index is 1240. The van der Waals surface area contributed by atoms with E-state index in [4.69, 9.17) is 9.47 Å². The fourth-order valence-corrected chi connectivity index (χ4v) is 4.69. The Morgan fingerprint density at radius 1 is 1.00 bits per heavy atom. The zero-order valence-electron chi connectivity index (χ0n) is 19.3. The number of hydrazone groups is 1. The quantitative estimate of drug-likeness (QED) is 0.354. The van der Waals surface area contributed by atoms with E-state index in [1.165, 1.54) is 38.6 Å². The Kier molecular flexibility index (Phi) is 8.39. The molecule has 3 aromatic carbocycles. The van der Waals surface area contributed by atoms with E-state index in [2.05, 4.69) is 10.5 Å². The normalized spacial score (nSPS) is 11.5.